The normalized spacial score (nSPS) is 31.2. The number of aliphatic hydroxyl groups is 7. The number of carbonyl (C=O) groups excluding carboxylic acids is 5. The third-order valence-electron chi connectivity index (χ3n) is 13.6. The molecule has 2 heterocycles. The van der Waals surface area contributed by atoms with Crippen LogP contribution in [0.25, 0.3) is 0 Å². The van der Waals surface area contributed by atoms with E-state index >= 15 is 0 Å². The lowest BCUT2D eigenvalue weighted by atomic mass is 9.71. The van der Waals surface area contributed by atoms with Gasteiger partial charge in [0.05, 0.1) is 19.4 Å². The van der Waals surface area contributed by atoms with Crippen LogP contribution in [-0.2, 0) is 52.4 Å². The molecule has 12 atom stereocenters. The highest BCUT2D eigenvalue weighted by molar-refractivity contribution is 6.02. The Morgan fingerprint density at radius 1 is 0.579 bits per heavy atom. The summed E-state index contributed by atoms with van der Waals surface area (Å²) in [6.45, 7) is 19.2. The van der Waals surface area contributed by atoms with Crippen LogP contribution >= 0.6 is 0 Å². The smallest absolute Gasteiger partial charge is 0.307 e. The minimum atomic E-state index is -1.94. The standard InChI is InChI=1S/C58H78O18/c1-32(18-14-20-34(3)22-24-39-36(5)47(63)41(72-38(7)60)28-57(39,8)9)16-12-13-17-33(2)19-15-21-35(4)23-25-40-37(6)48(64)42(29-58(40,10)11)73-46(62)27-26-45(61)71-31-44-54(51(67)52(68)55(70)74-44)76-56-53(69)50(66)49(65)43(30-59)75-56/h12-25,41-44,49-56,59,65-70H,26-31H2,1-11H3/b13-12+,18-14+,19-15+,24-22+,25-23+,32-16+,33-17+,34-20+,35-21+. The Morgan fingerprint density at radius 2 is 1.04 bits per heavy atom. The summed E-state index contributed by atoms with van der Waals surface area (Å²) in [7, 11) is 0. The van der Waals surface area contributed by atoms with Gasteiger partial charge in [-0.2, -0.15) is 0 Å². The van der Waals surface area contributed by atoms with Crippen molar-refractivity contribution in [1.29, 1.82) is 0 Å². The first-order valence-corrected chi connectivity index (χ1v) is 25.4. The third-order valence-corrected chi connectivity index (χ3v) is 13.6. The van der Waals surface area contributed by atoms with Gasteiger partial charge in [-0.05, 0) is 74.7 Å². The van der Waals surface area contributed by atoms with Crippen LogP contribution in [-0.4, -0.2) is 152 Å². The number of ketones is 2. The van der Waals surface area contributed by atoms with Crippen molar-refractivity contribution in [1.82, 2.24) is 0 Å². The van der Waals surface area contributed by atoms with Gasteiger partial charge in [-0.25, -0.2) is 0 Å². The molecule has 0 amide bonds. The molecule has 2 saturated heterocycles. The molecule has 12 unspecified atom stereocenters. The fourth-order valence-corrected chi connectivity index (χ4v) is 9.18. The molecule has 0 saturated carbocycles. The SMILES string of the molecule is CC(=O)OC1CC(C)(C)C(/C=C/C(C)=C/C=C/C(C)=C/C=C/C=C(C)/C=C/C=C(C)/C=C/C2=C(C)C(=O)C(OC(=O)CCC(=O)OCC3OC(O)C(O)C(O)C3OC3OC(CO)C(O)C(O)C3O)CC2(C)C)=C(C)C1=O. The molecule has 18 heteroatoms. The first-order valence-electron chi connectivity index (χ1n) is 25.4. The van der Waals surface area contributed by atoms with E-state index < -0.39 is 123 Å². The Bertz CT molecular complexity index is 2470. The monoisotopic (exact) mass is 1060 g/mol. The van der Waals surface area contributed by atoms with Crippen LogP contribution in [0.2, 0.25) is 0 Å². The average molecular weight is 1060 g/mol. The molecule has 0 radical (unpaired) electrons. The van der Waals surface area contributed by atoms with E-state index in [4.69, 9.17) is 28.4 Å². The van der Waals surface area contributed by atoms with Crippen LogP contribution < -0.4 is 0 Å². The highest BCUT2D eigenvalue weighted by Gasteiger charge is 2.51. The molecule has 0 spiro atoms. The third kappa shape index (κ3) is 17.5. The van der Waals surface area contributed by atoms with Gasteiger partial charge in [0.25, 0.3) is 0 Å². The van der Waals surface area contributed by atoms with Gasteiger partial charge in [0.1, 0.15) is 55.4 Å². The molecule has 2 aliphatic heterocycles. The van der Waals surface area contributed by atoms with Crippen molar-refractivity contribution in [3.05, 3.63) is 130 Å². The maximum atomic E-state index is 13.5. The van der Waals surface area contributed by atoms with E-state index in [2.05, 4.69) is 0 Å². The summed E-state index contributed by atoms with van der Waals surface area (Å²) in [6, 6.07) is 0. The summed E-state index contributed by atoms with van der Waals surface area (Å²) in [4.78, 5) is 63.5. The van der Waals surface area contributed by atoms with Crippen molar-refractivity contribution >= 4 is 29.5 Å². The molecule has 418 valence electrons. The predicted octanol–water partition coefficient (Wildman–Crippen LogP) is 4.97. The minimum absolute atomic E-state index is 0.157. The van der Waals surface area contributed by atoms with Crippen molar-refractivity contribution in [3.63, 3.8) is 0 Å². The number of hydrogen-bond acceptors (Lipinski definition) is 18. The number of carbonyl (C=O) groups is 5. The fraction of sp³-hybridized carbons (Fsp3) is 0.534. The quantitative estimate of drug-likeness (QED) is 0.0481. The lowest BCUT2D eigenvalue weighted by molar-refractivity contribution is -0.355. The first-order chi connectivity index (χ1) is 35.6. The molecule has 0 bridgehead atoms. The molecule has 0 aromatic rings. The summed E-state index contributed by atoms with van der Waals surface area (Å²) in [5.41, 5.74) is 5.88. The van der Waals surface area contributed by atoms with Crippen LogP contribution in [0.3, 0.4) is 0 Å². The van der Waals surface area contributed by atoms with E-state index in [1.54, 1.807) is 13.8 Å². The maximum absolute atomic E-state index is 13.5. The molecule has 2 aliphatic carbocycles. The summed E-state index contributed by atoms with van der Waals surface area (Å²) in [5.74, 6) is -2.74. The predicted molar refractivity (Wildman–Crippen MR) is 280 cm³/mol. The maximum Gasteiger partial charge on any atom is 0.307 e. The highest BCUT2D eigenvalue weighted by Crippen LogP contribution is 2.42. The number of hydrogen-bond donors (Lipinski definition) is 7. The van der Waals surface area contributed by atoms with Crippen LogP contribution in [0.1, 0.15) is 102 Å². The number of rotatable bonds is 20. The lowest BCUT2D eigenvalue weighted by Gasteiger charge is -2.45. The summed E-state index contributed by atoms with van der Waals surface area (Å²) < 4.78 is 32.2. The van der Waals surface area contributed by atoms with Gasteiger partial charge in [0.2, 0.25) is 0 Å². The van der Waals surface area contributed by atoms with Gasteiger partial charge in [-0.3, -0.25) is 24.0 Å². The largest absolute Gasteiger partial charge is 0.463 e. The van der Waals surface area contributed by atoms with Gasteiger partial charge >= 0.3 is 17.9 Å². The van der Waals surface area contributed by atoms with Gasteiger partial charge < -0.3 is 64.2 Å². The highest BCUT2D eigenvalue weighted by atomic mass is 16.7. The Kier molecular flexibility index (Phi) is 23.4. The van der Waals surface area contributed by atoms with Crippen LogP contribution in [0.4, 0.5) is 0 Å². The summed E-state index contributed by atoms with van der Waals surface area (Å²) in [5, 5.41) is 71.1. The molecular weight excluding hydrogens is 985 g/mol. The number of ether oxygens (including phenoxy) is 6. The zero-order valence-electron chi connectivity index (χ0n) is 45.4. The van der Waals surface area contributed by atoms with Gasteiger partial charge in [-0.15, -0.1) is 0 Å². The molecule has 0 aromatic heterocycles. The average Bonchev–Trinajstić information content (AvgIpc) is 3.34. The van der Waals surface area contributed by atoms with Crippen molar-refractivity contribution in [2.75, 3.05) is 13.2 Å². The Morgan fingerprint density at radius 3 is 1.53 bits per heavy atom. The second-order valence-corrected chi connectivity index (χ2v) is 21.0. The van der Waals surface area contributed by atoms with Crippen molar-refractivity contribution in [3.8, 4) is 0 Å². The Labute approximate surface area is 445 Å². The second-order valence-electron chi connectivity index (χ2n) is 21.0. The molecule has 76 heavy (non-hydrogen) atoms. The molecular formula is C58H78O18. The minimum Gasteiger partial charge on any atom is -0.463 e. The Hall–Kier alpha value is -5.51. The zero-order valence-corrected chi connectivity index (χ0v) is 45.4. The van der Waals surface area contributed by atoms with E-state index in [0.29, 0.717) is 17.6 Å². The van der Waals surface area contributed by atoms with Crippen LogP contribution in [0, 0.1) is 10.8 Å². The lowest BCUT2D eigenvalue weighted by Crippen LogP contribution is -2.64. The van der Waals surface area contributed by atoms with Crippen LogP contribution in [0.5, 0.6) is 0 Å². The first kappa shape index (κ1) is 63.0. The van der Waals surface area contributed by atoms with E-state index in [0.717, 1.165) is 33.4 Å². The molecule has 18 nitrogen and oxygen atoms in total. The molecule has 4 aliphatic rings. The zero-order chi connectivity index (χ0) is 56.8. The molecule has 4 rings (SSSR count). The number of esters is 3. The Balaban J connectivity index is 1.25. The number of allylic oxidation sites excluding steroid dienone is 20. The molecule has 0 aromatic carbocycles. The topological polar surface area (TPSA) is 282 Å². The molecule has 2 fully saturated rings. The van der Waals surface area contributed by atoms with Crippen molar-refractivity contribution in [2.24, 2.45) is 10.8 Å². The van der Waals surface area contributed by atoms with Gasteiger partial charge in [0, 0.05) is 19.8 Å². The second kappa shape index (κ2) is 28.2. The fourth-order valence-electron chi connectivity index (χ4n) is 9.18. The van der Waals surface area contributed by atoms with Crippen LogP contribution in [0.15, 0.2) is 130 Å². The van der Waals surface area contributed by atoms with Gasteiger partial charge in [-0.1, -0.05) is 135 Å². The van der Waals surface area contributed by atoms with Gasteiger partial charge in [0.15, 0.2) is 36.4 Å². The van der Waals surface area contributed by atoms with E-state index in [1.165, 1.54) is 6.92 Å². The van der Waals surface area contributed by atoms with Crippen molar-refractivity contribution < 1.29 is 88.1 Å². The van der Waals surface area contributed by atoms with E-state index in [1.807, 2.05) is 140 Å². The number of aliphatic hydroxyl groups excluding tert-OH is 7. The number of Topliss-reactive ketones (excluding diaryl/α,β-unsaturated/α-hetero) is 2. The summed E-state index contributed by atoms with van der Waals surface area (Å²) in [6.07, 6.45) is 8.00. The summed E-state index contributed by atoms with van der Waals surface area (Å²) >= 11 is 0. The van der Waals surface area contributed by atoms with E-state index in [9.17, 15) is 59.7 Å². The molecule has 7 N–H and O–H groups in total. The van der Waals surface area contributed by atoms with E-state index in [-0.39, 0.29) is 23.4 Å². The van der Waals surface area contributed by atoms with Crippen molar-refractivity contribution in [2.45, 2.75) is 175 Å².